The number of hydrogen-bond acceptors (Lipinski definition) is 4. The van der Waals surface area contributed by atoms with E-state index in [-0.39, 0.29) is 12.6 Å². The average Bonchev–Trinajstić information content (AvgIpc) is 2.76. The fraction of sp³-hybridized carbons (Fsp3) is 0.357. The number of halogens is 1. The first kappa shape index (κ1) is 16.6. The normalized spacial score (nSPS) is 12.3. The molecule has 114 valence electrons. The van der Waals surface area contributed by atoms with E-state index in [0.717, 1.165) is 14.4 Å². The molecule has 0 fully saturated rings. The number of hydrogen-bond donors (Lipinski definition) is 0. The molecule has 0 aliphatic carbocycles. The van der Waals surface area contributed by atoms with Crippen LogP contribution >= 0.6 is 27.3 Å². The van der Waals surface area contributed by atoms with Crippen LogP contribution in [-0.2, 0) is 16.6 Å². The van der Waals surface area contributed by atoms with Crippen LogP contribution < -0.4 is 0 Å². The molecule has 4 nitrogen and oxygen atoms in total. The number of thiophene rings is 1. The van der Waals surface area contributed by atoms with Crippen molar-refractivity contribution in [3.05, 3.63) is 44.8 Å². The van der Waals surface area contributed by atoms with Gasteiger partial charge in [-0.2, -0.15) is 4.31 Å². The second-order valence-corrected chi connectivity index (χ2v) is 9.43. The number of nitrogens with zero attached hydrogens (tertiary/aromatic N) is 2. The van der Waals surface area contributed by atoms with Gasteiger partial charge in [-0.3, -0.25) is 4.98 Å². The molecule has 0 radical (unpaired) electrons. The predicted molar refractivity (Wildman–Crippen MR) is 88.9 cm³/mol. The highest BCUT2D eigenvalue weighted by Crippen LogP contribution is 2.32. The van der Waals surface area contributed by atoms with E-state index in [2.05, 4.69) is 20.9 Å². The molecule has 0 aromatic carbocycles. The van der Waals surface area contributed by atoms with Crippen LogP contribution in [0.5, 0.6) is 0 Å². The highest BCUT2D eigenvalue weighted by atomic mass is 79.9. The lowest BCUT2D eigenvalue weighted by Crippen LogP contribution is -2.36. The van der Waals surface area contributed by atoms with Crippen molar-refractivity contribution in [1.82, 2.24) is 9.29 Å². The smallest absolute Gasteiger partial charge is 0.244 e. The van der Waals surface area contributed by atoms with Crippen molar-refractivity contribution in [2.45, 2.75) is 38.3 Å². The van der Waals surface area contributed by atoms with E-state index < -0.39 is 10.0 Å². The fourth-order valence-corrected chi connectivity index (χ4v) is 6.00. The Labute approximate surface area is 138 Å². The van der Waals surface area contributed by atoms with Crippen LogP contribution in [0.4, 0.5) is 0 Å². The summed E-state index contributed by atoms with van der Waals surface area (Å²) in [6, 6.07) is 7.04. The molecule has 0 N–H and O–H groups in total. The zero-order valence-corrected chi connectivity index (χ0v) is 15.3. The van der Waals surface area contributed by atoms with Crippen LogP contribution in [0.2, 0.25) is 0 Å². The van der Waals surface area contributed by atoms with Crippen molar-refractivity contribution in [3.8, 4) is 0 Å². The zero-order chi connectivity index (χ0) is 15.6. The quantitative estimate of drug-likeness (QED) is 0.781. The Morgan fingerprint density at radius 3 is 2.57 bits per heavy atom. The standard InChI is InChI=1S/C14H17BrN2O2S2/c1-10(2)17(9-12-6-4-5-7-16-12)21(18,19)13-8-14(15)20-11(13)3/h4-8,10H,9H2,1-3H3. The van der Waals surface area contributed by atoms with Gasteiger partial charge in [0.15, 0.2) is 0 Å². The number of sulfonamides is 1. The third kappa shape index (κ3) is 3.71. The van der Waals surface area contributed by atoms with E-state index in [4.69, 9.17) is 0 Å². The summed E-state index contributed by atoms with van der Waals surface area (Å²) in [5.74, 6) is 0. The van der Waals surface area contributed by atoms with Gasteiger partial charge in [-0.25, -0.2) is 8.42 Å². The third-order valence-electron chi connectivity index (χ3n) is 3.05. The number of rotatable bonds is 5. The maximum absolute atomic E-state index is 12.9. The summed E-state index contributed by atoms with van der Waals surface area (Å²) in [6.45, 7) is 5.84. The summed E-state index contributed by atoms with van der Waals surface area (Å²) < 4.78 is 28.1. The molecule has 2 aromatic rings. The maximum Gasteiger partial charge on any atom is 0.244 e. The Morgan fingerprint density at radius 1 is 1.38 bits per heavy atom. The Morgan fingerprint density at radius 2 is 2.10 bits per heavy atom. The van der Waals surface area contributed by atoms with Crippen LogP contribution in [0.25, 0.3) is 0 Å². The molecular formula is C14H17BrN2O2S2. The number of aryl methyl sites for hydroxylation is 1. The van der Waals surface area contributed by atoms with Crippen LogP contribution in [-0.4, -0.2) is 23.7 Å². The van der Waals surface area contributed by atoms with Crippen molar-refractivity contribution in [1.29, 1.82) is 0 Å². The van der Waals surface area contributed by atoms with Gasteiger partial charge in [0.05, 0.1) is 20.9 Å². The predicted octanol–water partition coefficient (Wildman–Crippen LogP) is 3.81. The number of aromatic nitrogens is 1. The molecule has 0 saturated heterocycles. The van der Waals surface area contributed by atoms with Gasteiger partial charge in [-0.15, -0.1) is 11.3 Å². The summed E-state index contributed by atoms with van der Waals surface area (Å²) in [5.41, 5.74) is 0.738. The highest BCUT2D eigenvalue weighted by Gasteiger charge is 2.30. The Hall–Kier alpha value is -0.760. The molecule has 2 rings (SSSR count). The largest absolute Gasteiger partial charge is 0.260 e. The summed E-state index contributed by atoms with van der Waals surface area (Å²) >= 11 is 4.78. The summed E-state index contributed by atoms with van der Waals surface area (Å²) in [4.78, 5) is 5.37. The molecular weight excluding hydrogens is 372 g/mol. The van der Waals surface area contributed by atoms with Crippen molar-refractivity contribution in [2.24, 2.45) is 0 Å². The van der Waals surface area contributed by atoms with E-state index in [0.29, 0.717) is 4.90 Å². The first-order chi connectivity index (χ1) is 9.82. The van der Waals surface area contributed by atoms with Crippen molar-refractivity contribution < 1.29 is 8.42 Å². The lowest BCUT2D eigenvalue weighted by Gasteiger charge is -2.25. The number of pyridine rings is 1. The monoisotopic (exact) mass is 388 g/mol. The van der Waals surface area contributed by atoms with E-state index in [1.54, 1.807) is 12.3 Å². The van der Waals surface area contributed by atoms with Gasteiger partial charge in [-0.1, -0.05) is 6.07 Å². The van der Waals surface area contributed by atoms with Crippen LogP contribution in [0.1, 0.15) is 24.4 Å². The van der Waals surface area contributed by atoms with E-state index >= 15 is 0 Å². The summed E-state index contributed by atoms with van der Waals surface area (Å²) in [7, 11) is -3.53. The average molecular weight is 389 g/mol. The Balaban J connectivity index is 2.40. The minimum Gasteiger partial charge on any atom is -0.260 e. The Kier molecular flexibility index (Phi) is 5.19. The van der Waals surface area contributed by atoms with Crippen LogP contribution in [0.3, 0.4) is 0 Å². The lowest BCUT2D eigenvalue weighted by molar-refractivity contribution is 0.344. The van der Waals surface area contributed by atoms with Crippen LogP contribution in [0, 0.1) is 6.92 Å². The molecule has 0 unspecified atom stereocenters. The summed E-state index contributed by atoms with van der Waals surface area (Å²) in [6.07, 6.45) is 1.67. The minimum atomic E-state index is -3.53. The van der Waals surface area contributed by atoms with Gasteiger partial charge < -0.3 is 0 Å². The van der Waals surface area contributed by atoms with Gasteiger partial charge in [-0.05, 0) is 54.9 Å². The molecule has 21 heavy (non-hydrogen) atoms. The van der Waals surface area contributed by atoms with Crippen LogP contribution in [0.15, 0.2) is 39.1 Å². The zero-order valence-electron chi connectivity index (χ0n) is 12.1. The molecule has 0 atom stereocenters. The molecule has 0 bridgehead atoms. The van der Waals surface area contributed by atoms with Gasteiger partial charge in [0.2, 0.25) is 10.0 Å². The highest BCUT2D eigenvalue weighted by molar-refractivity contribution is 9.11. The second kappa shape index (κ2) is 6.56. The lowest BCUT2D eigenvalue weighted by atomic mass is 10.3. The van der Waals surface area contributed by atoms with Crippen molar-refractivity contribution >= 4 is 37.3 Å². The molecule has 0 aliphatic rings. The first-order valence-electron chi connectivity index (χ1n) is 6.50. The topological polar surface area (TPSA) is 50.3 Å². The van der Waals surface area contributed by atoms with Gasteiger partial charge >= 0.3 is 0 Å². The molecule has 7 heteroatoms. The van der Waals surface area contributed by atoms with E-state index in [9.17, 15) is 8.42 Å². The maximum atomic E-state index is 12.9. The summed E-state index contributed by atoms with van der Waals surface area (Å²) in [5, 5.41) is 0. The molecule has 0 spiro atoms. The molecule has 2 heterocycles. The fourth-order valence-electron chi connectivity index (χ4n) is 2.01. The second-order valence-electron chi connectivity index (χ2n) is 4.94. The minimum absolute atomic E-state index is 0.143. The third-order valence-corrected chi connectivity index (χ3v) is 6.88. The van der Waals surface area contributed by atoms with Crippen molar-refractivity contribution in [3.63, 3.8) is 0 Å². The van der Waals surface area contributed by atoms with Crippen molar-refractivity contribution in [2.75, 3.05) is 0 Å². The van der Waals surface area contributed by atoms with E-state index in [1.807, 2.05) is 39.0 Å². The molecule has 0 aliphatic heterocycles. The van der Waals surface area contributed by atoms with Gasteiger partial charge in [0.25, 0.3) is 0 Å². The van der Waals surface area contributed by atoms with Gasteiger partial charge in [0.1, 0.15) is 0 Å². The molecule has 0 saturated carbocycles. The molecule has 0 amide bonds. The SMILES string of the molecule is Cc1sc(Br)cc1S(=O)(=O)N(Cc1ccccn1)C(C)C. The van der Waals surface area contributed by atoms with Gasteiger partial charge in [0, 0.05) is 17.1 Å². The first-order valence-corrected chi connectivity index (χ1v) is 9.55. The molecule has 2 aromatic heterocycles. The van der Waals surface area contributed by atoms with E-state index in [1.165, 1.54) is 15.6 Å². The Bertz CT molecular complexity index is 712.